The van der Waals surface area contributed by atoms with Crippen LogP contribution in [0.5, 0.6) is 0 Å². The number of aliphatic hydroxyl groups excluding tert-OH is 2. The number of unbranched alkanes of at least 4 members (excludes halogenated alkanes) is 40. The molecule has 0 fully saturated rings. The summed E-state index contributed by atoms with van der Waals surface area (Å²) < 4.78 is 5.46. The predicted molar refractivity (Wildman–Crippen MR) is 292 cm³/mol. The van der Waals surface area contributed by atoms with E-state index in [-0.39, 0.29) is 18.5 Å². The first-order valence-electron chi connectivity index (χ1n) is 29.8. The van der Waals surface area contributed by atoms with Crippen molar-refractivity contribution in [1.82, 2.24) is 5.32 Å². The van der Waals surface area contributed by atoms with Crippen LogP contribution in [-0.2, 0) is 14.3 Å². The van der Waals surface area contributed by atoms with E-state index in [4.69, 9.17) is 4.74 Å². The summed E-state index contributed by atoms with van der Waals surface area (Å²) in [4.78, 5) is 24.5. The lowest BCUT2D eigenvalue weighted by Gasteiger charge is -2.20. The topological polar surface area (TPSA) is 95.9 Å². The monoisotopic (exact) mass is 942 g/mol. The molecule has 6 nitrogen and oxygen atoms in total. The molecule has 0 rings (SSSR count). The number of hydrogen-bond donors (Lipinski definition) is 3. The summed E-state index contributed by atoms with van der Waals surface area (Å²) in [5, 5.41) is 23.2. The van der Waals surface area contributed by atoms with Crippen molar-refractivity contribution in [2.24, 2.45) is 0 Å². The van der Waals surface area contributed by atoms with Crippen LogP contribution in [-0.4, -0.2) is 47.4 Å². The maximum Gasteiger partial charge on any atom is 0.305 e. The third-order valence-corrected chi connectivity index (χ3v) is 13.6. The van der Waals surface area contributed by atoms with E-state index < -0.39 is 12.1 Å². The Hall–Kier alpha value is -1.92. The molecular weight excluding hydrogens is 827 g/mol. The number of rotatable bonds is 55. The number of ether oxygens (including phenoxy) is 1. The van der Waals surface area contributed by atoms with Gasteiger partial charge in [-0.25, -0.2) is 0 Å². The van der Waals surface area contributed by atoms with Gasteiger partial charge in [-0.3, -0.25) is 9.59 Å². The van der Waals surface area contributed by atoms with E-state index in [1.54, 1.807) is 6.08 Å². The Labute approximate surface area is 417 Å². The molecule has 0 aliphatic rings. The van der Waals surface area contributed by atoms with Crippen molar-refractivity contribution in [3.8, 4) is 0 Å². The van der Waals surface area contributed by atoms with Gasteiger partial charge in [0.05, 0.1) is 25.4 Å². The standard InChI is InChI=1S/C61H115NO5/c1-3-5-7-9-11-13-15-17-18-19-20-21-23-26-30-33-37-41-45-49-53-59(64)58(57-63)62-60(65)54-50-46-42-38-34-31-27-24-22-25-28-32-36-40-44-48-52-56-67-61(66)55-51-47-43-39-35-29-16-14-12-10-8-6-4-2/h8,10,14,16,49,53,58-59,63-64H,3-7,9,11-13,15,17-48,50-52,54-57H2,1-2H3,(H,62,65)/b10-8-,16-14-,53-49+. The van der Waals surface area contributed by atoms with Crippen LogP contribution >= 0.6 is 0 Å². The molecule has 2 atom stereocenters. The molecule has 0 radical (unpaired) electrons. The molecule has 0 bridgehead atoms. The molecule has 0 aromatic carbocycles. The van der Waals surface area contributed by atoms with Crippen molar-refractivity contribution in [2.45, 2.75) is 328 Å². The third kappa shape index (κ3) is 53.3. The Bertz CT molecular complexity index is 1090. The van der Waals surface area contributed by atoms with Crippen LogP contribution in [0.4, 0.5) is 0 Å². The summed E-state index contributed by atoms with van der Waals surface area (Å²) in [6.07, 6.45) is 70.2. The quantitative estimate of drug-likeness (QED) is 0.0321. The molecule has 0 heterocycles. The molecule has 0 aromatic heterocycles. The predicted octanol–water partition coefficient (Wildman–Crippen LogP) is 18.4. The highest BCUT2D eigenvalue weighted by Crippen LogP contribution is 2.17. The number of amides is 1. The van der Waals surface area contributed by atoms with Gasteiger partial charge in [0.1, 0.15) is 0 Å². The van der Waals surface area contributed by atoms with E-state index in [2.05, 4.69) is 43.5 Å². The van der Waals surface area contributed by atoms with Crippen molar-refractivity contribution in [1.29, 1.82) is 0 Å². The second-order valence-electron chi connectivity index (χ2n) is 20.3. The Balaban J connectivity index is 3.46. The highest BCUT2D eigenvalue weighted by molar-refractivity contribution is 5.76. The molecule has 0 saturated carbocycles. The van der Waals surface area contributed by atoms with E-state index in [0.717, 1.165) is 51.4 Å². The molecule has 2 unspecified atom stereocenters. The zero-order valence-electron chi connectivity index (χ0n) is 44.9. The van der Waals surface area contributed by atoms with Crippen molar-refractivity contribution in [2.75, 3.05) is 13.2 Å². The first-order chi connectivity index (χ1) is 33.0. The fraction of sp³-hybridized carbons (Fsp3) is 0.869. The number of esters is 1. The Kier molecular flexibility index (Phi) is 55.0. The summed E-state index contributed by atoms with van der Waals surface area (Å²) in [6, 6.07) is -0.633. The summed E-state index contributed by atoms with van der Waals surface area (Å²) in [5.74, 6) is -0.0825. The zero-order chi connectivity index (χ0) is 48.6. The van der Waals surface area contributed by atoms with Gasteiger partial charge in [0.2, 0.25) is 5.91 Å². The number of carbonyl (C=O) groups excluding carboxylic acids is 2. The average Bonchev–Trinajstić information content (AvgIpc) is 3.33. The zero-order valence-corrected chi connectivity index (χ0v) is 44.9. The van der Waals surface area contributed by atoms with Crippen molar-refractivity contribution in [3.63, 3.8) is 0 Å². The number of aliphatic hydroxyl groups is 2. The Morgan fingerprint density at radius 3 is 1.19 bits per heavy atom. The van der Waals surface area contributed by atoms with Gasteiger partial charge >= 0.3 is 5.97 Å². The van der Waals surface area contributed by atoms with Crippen LogP contribution < -0.4 is 5.32 Å². The van der Waals surface area contributed by atoms with Gasteiger partial charge in [-0.05, 0) is 57.8 Å². The fourth-order valence-corrected chi connectivity index (χ4v) is 9.08. The molecule has 67 heavy (non-hydrogen) atoms. The molecule has 0 saturated heterocycles. The second kappa shape index (κ2) is 56.7. The van der Waals surface area contributed by atoms with Gasteiger partial charge in [0.15, 0.2) is 0 Å². The maximum absolute atomic E-state index is 12.5. The molecule has 0 spiro atoms. The Morgan fingerprint density at radius 2 is 0.776 bits per heavy atom. The highest BCUT2D eigenvalue weighted by Gasteiger charge is 2.18. The van der Waals surface area contributed by atoms with E-state index in [9.17, 15) is 19.8 Å². The van der Waals surface area contributed by atoms with Crippen LogP contribution in [0, 0.1) is 0 Å². The summed E-state index contributed by atoms with van der Waals surface area (Å²) in [7, 11) is 0. The van der Waals surface area contributed by atoms with Crippen LogP contribution in [0.3, 0.4) is 0 Å². The van der Waals surface area contributed by atoms with Gasteiger partial charge in [0, 0.05) is 12.8 Å². The lowest BCUT2D eigenvalue weighted by atomic mass is 10.0. The number of nitrogens with one attached hydrogen (secondary N) is 1. The molecule has 394 valence electrons. The molecule has 0 aromatic rings. The van der Waals surface area contributed by atoms with Crippen LogP contribution in [0.2, 0.25) is 0 Å². The van der Waals surface area contributed by atoms with E-state index in [0.29, 0.717) is 19.4 Å². The Morgan fingerprint density at radius 1 is 0.418 bits per heavy atom. The minimum atomic E-state index is -0.849. The first kappa shape index (κ1) is 65.1. The van der Waals surface area contributed by atoms with E-state index >= 15 is 0 Å². The maximum atomic E-state index is 12.5. The van der Waals surface area contributed by atoms with E-state index in [1.165, 1.54) is 238 Å². The lowest BCUT2D eigenvalue weighted by Crippen LogP contribution is -2.45. The summed E-state index contributed by atoms with van der Waals surface area (Å²) in [6.45, 7) is 4.84. The normalized spacial score (nSPS) is 12.8. The summed E-state index contributed by atoms with van der Waals surface area (Å²) >= 11 is 0. The number of allylic oxidation sites excluding steroid dienone is 5. The van der Waals surface area contributed by atoms with E-state index in [1.807, 2.05) is 6.08 Å². The summed E-state index contributed by atoms with van der Waals surface area (Å²) in [5.41, 5.74) is 0. The molecule has 0 aliphatic carbocycles. The van der Waals surface area contributed by atoms with Gasteiger partial charge in [-0.15, -0.1) is 0 Å². The van der Waals surface area contributed by atoms with Crippen LogP contribution in [0.25, 0.3) is 0 Å². The van der Waals surface area contributed by atoms with Gasteiger partial charge in [-0.1, -0.05) is 281 Å². The third-order valence-electron chi connectivity index (χ3n) is 13.6. The molecular formula is C61H115NO5. The minimum Gasteiger partial charge on any atom is -0.466 e. The first-order valence-corrected chi connectivity index (χ1v) is 29.8. The SMILES string of the molecule is CCC/C=C\C/C=C\CCCCCCCC(=O)OCCCCCCCCCCCCCCCCCCCC(=O)NC(CO)C(O)/C=C/CCCCCCCCCCCCCCCCCCCC. The number of carbonyl (C=O) groups is 2. The van der Waals surface area contributed by atoms with Crippen LogP contribution in [0.1, 0.15) is 316 Å². The lowest BCUT2D eigenvalue weighted by molar-refractivity contribution is -0.143. The van der Waals surface area contributed by atoms with Gasteiger partial charge in [0.25, 0.3) is 0 Å². The number of hydrogen-bond acceptors (Lipinski definition) is 5. The van der Waals surface area contributed by atoms with Gasteiger partial charge < -0.3 is 20.3 Å². The second-order valence-corrected chi connectivity index (χ2v) is 20.3. The van der Waals surface area contributed by atoms with Crippen molar-refractivity contribution in [3.05, 3.63) is 36.5 Å². The molecule has 1 amide bonds. The minimum absolute atomic E-state index is 0.0108. The fourth-order valence-electron chi connectivity index (χ4n) is 9.08. The smallest absolute Gasteiger partial charge is 0.305 e. The highest BCUT2D eigenvalue weighted by atomic mass is 16.5. The molecule has 6 heteroatoms. The van der Waals surface area contributed by atoms with Crippen LogP contribution in [0.15, 0.2) is 36.5 Å². The molecule has 0 aliphatic heterocycles. The largest absolute Gasteiger partial charge is 0.466 e. The molecule has 3 N–H and O–H groups in total. The van der Waals surface area contributed by atoms with Gasteiger partial charge in [-0.2, -0.15) is 0 Å². The van der Waals surface area contributed by atoms with Crippen molar-refractivity contribution >= 4 is 11.9 Å². The van der Waals surface area contributed by atoms with Crippen molar-refractivity contribution < 1.29 is 24.5 Å². The average molecular weight is 943 g/mol.